The number of aryl methyl sites for hydroxylation is 2. The van der Waals surface area contributed by atoms with Crippen LogP contribution >= 0.6 is 12.2 Å². The average molecular weight is 246 g/mol. The number of aromatic amines is 1. The Morgan fingerprint density at radius 2 is 2.00 bits per heavy atom. The Balaban J connectivity index is 2.03. The van der Waals surface area contributed by atoms with E-state index in [1.165, 1.54) is 11.3 Å². The van der Waals surface area contributed by atoms with E-state index in [1.807, 2.05) is 6.20 Å². The molecule has 0 aliphatic rings. The molecule has 1 N–H and O–H groups in total. The molecule has 0 saturated carbocycles. The SMILES string of the molecule is Cc1c[nH]c(=S)n1C(C)CCc1ccccc1. The number of benzene rings is 1. The van der Waals surface area contributed by atoms with Crippen LogP contribution in [0.4, 0.5) is 0 Å². The van der Waals surface area contributed by atoms with Gasteiger partial charge in [0.25, 0.3) is 0 Å². The summed E-state index contributed by atoms with van der Waals surface area (Å²) < 4.78 is 3.02. The zero-order valence-electron chi connectivity index (χ0n) is 10.3. The largest absolute Gasteiger partial charge is 0.337 e. The molecule has 0 aliphatic carbocycles. The molecule has 1 aromatic carbocycles. The van der Waals surface area contributed by atoms with Crippen LogP contribution in [-0.4, -0.2) is 9.55 Å². The third-order valence-corrected chi connectivity index (χ3v) is 3.45. The van der Waals surface area contributed by atoms with Crippen molar-refractivity contribution in [2.45, 2.75) is 32.7 Å². The van der Waals surface area contributed by atoms with Gasteiger partial charge < -0.3 is 9.55 Å². The molecule has 2 aromatic rings. The van der Waals surface area contributed by atoms with E-state index in [-0.39, 0.29) is 0 Å². The van der Waals surface area contributed by atoms with Gasteiger partial charge in [-0.2, -0.15) is 0 Å². The molecule has 3 heteroatoms. The molecule has 2 rings (SSSR count). The monoisotopic (exact) mass is 246 g/mol. The van der Waals surface area contributed by atoms with Crippen molar-refractivity contribution >= 4 is 12.2 Å². The maximum atomic E-state index is 5.29. The Morgan fingerprint density at radius 3 is 2.59 bits per heavy atom. The number of hydrogen-bond donors (Lipinski definition) is 1. The highest BCUT2D eigenvalue weighted by molar-refractivity contribution is 7.71. The zero-order chi connectivity index (χ0) is 12.3. The minimum absolute atomic E-state index is 0.439. The predicted molar refractivity (Wildman–Crippen MR) is 73.8 cm³/mol. The summed E-state index contributed by atoms with van der Waals surface area (Å²) in [5.74, 6) is 0. The maximum absolute atomic E-state index is 5.29. The van der Waals surface area contributed by atoms with Gasteiger partial charge in [0.1, 0.15) is 0 Å². The fourth-order valence-corrected chi connectivity index (χ4v) is 2.55. The first-order valence-corrected chi connectivity index (χ1v) is 6.39. The number of imidazole rings is 1. The van der Waals surface area contributed by atoms with E-state index < -0.39 is 0 Å². The van der Waals surface area contributed by atoms with Crippen LogP contribution in [0.1, 0.15) is 30.6 Å². The first-order valence-electron chi connectivity index (χ1n) is 5.99. The van der Waals surface area contributed by atoms with Gasteiger partial charge in [-0.15, -0.1) is 0 Å². The lowest BCUT2D eigenvalue weighted by Crippen LogP contribution is -2.08. The Hall–Kier alpha value is -1.35. The normalized spacial score (nSPS) is 12.6. The summed E-state index contributed by atoms with van der Waals surface area (Å²) in [7, 11) is 0. The minimum Gasteiger partial charge on any atom is -0.337 e. The van der Waals surface area contributed by atoms with E-state index in [1.54, 1.807) is 0 Å². The van der Waals surface area contributed by atoms with E-state index in [0.29, 0.717) is 6.04 Å². The minimum atomic E-state index is 0.439. The predicted octanol–water partition coefficient (Wildman–Crippen LogP) is 4.05. The van der Waals surface area contributed by atoms with Crippen molar-refractivity contribution in [2.75, 3.05) is 0 Å². The third-order valence-electron chi connectivity index (χ3n) is 3.14. The van der Waals surface area contributed by atoms with Crippen LogP contribution in [0, 0.1) is 11.7 Å². The number of nitrogens with zero attached hydrogens (tertiary/aromatic N) is 1. The molecule has 0 fully saturated rings. The molecule has 0 spiro atoms. The first kappa shape index (κ1) is 12.1. The van der Waals surface area contributed by atoms with E-state index >= 15 is 0 Å². The highest BCUT2D eigenvalue weighted by Gasteiger charge is 2.08. The standard InChI is InChI=1S/C14H18N2S/c1-11(16-12(2)10-15-14(16)17)8-9-13-6-4-3-5-7-13/h3-7,10-11H,8-9H2,1-2H3,(H,15,17). The van der Waals surface area contributed by atoms with Gasteiger partial charge in [-0.05, 0) is 44.5 Å². The summed E-state index contributed by atoms with van der Waals surface area (Å²) in [5, 5.41) is 0. The molecule has 0 amide bonds. The van der Waals surface area contributed by atoms with Gasteiger partial charge in [0, 0.05) is 17.9 Å². The van der Waals surface area contributed by atoms with E-state index in [4.69, 9.17) is 12.2 Å². The average Bonchev–Trinajstić information content (AvgIpc) is 2.67. The van der Waals surface area contributed by atoms with Crippen LogP contribution in [0.3, 0.4) is 0 Å². The van der Waals surface area contributed by atoms with Crippen molar-refractivity contribution in [3.8, 4) is 0 Å². The molecule has 0 radical (unpaired) electrons. The summed E-state index contributed by atoms with van der Waals surface area (Å²) in [6.07, 6.45) is 4.17. The van der Waals surface area contributed by atoms with Crippen LogP contribution < -0.4 is 0 Å². The summed E-state index contributed by atoms with van der Waals surface area (Å²) in [5.41, 5.74) is 2.59. The lowest BCUT2D eigenvalue weighted by molar-refractivity contribution is 0.492. The number of nitrogens with one attached hydrogen (secondary N) is 1. The Labute approximate surface area is 107 Å². The smallest absolute Gasteiger partial charge is 0.177 e. The van der Waals surface area contributed by atoms with E-state index in [0.717, 1.165) is 17.6 Å². The molecule has 1 aromatic heterocycles. The molecule has 1 heterocycles. The summed E-state index contributed by atoms with van der Waals surface area (Å²) in [4.78, 5) is 3.09. The number of rotatable bonds is 4. The van der Waals surface area contributed by atoms with Gasteiger partial charge in [0.15, 0.2) is 4.77 Å². The van der Waals surface area contributed by atoms with E-state index in [9.17, 15) is 0 Å². The van der Waals surface area contributed by atoms with Crippen molar-refractivity contribution < 1.29 is 0 Å². The quantitative estimate of drug-likeness (QED) is 0.807. The summed E-state index contributed by atoms with van der Waals surface area (Å²) in [6, 6.07) is 11.0. The Bertz CT molecular complexity index is 525. The lowest BCUT2D eigenvalue weighted by atomic mass is 10.1. The molecular formula is C14H18N2S. The van der Waals surface area contributed by atoms with E-state index in [2.05, 4.69) is 53.7 Å². The molecule has 1 atom stereocenters. The fraction of sp³-hybridized carbons (Fsp3) is 0.357. The number of H-pyrrole nitrogens is 1. The maximum Gasteiger partial charge on any atom is 0.177 e. The van der Waals surface area contributed by atoms with Gasteiger partial charge in [-0.25, -0.2) is 0 Å². The highest BCUT2D eigenvalue weighted by atomic mass is 32.1. The van der Waals surface area contributed by atoms with Crippen molar-refractivity contribution in [1.29, 1.82) is 0 Å². The molecule has 0 saturated heterocycles. The summed E-state index contributed by atoms with van der Waals surface area (Å²) >= 11 is 5.29. The molecule has 0 bridgehead atoms. The molecule has 2 nitrogen and oxygen atoms in total. The van der Waals surface area contributed by atoms with Gasteiger partial charge in [0.05, 0.1) is 0 Å². The van der Waals surface area contributed by atoms with Crippen molar-refractivity contribution in [2.24, 2.45) is 0 Å². The van der Waals surface area contributed by atoms with Crippen molar-refractivity contribution in [3.05, 3.63) is 52.6 Å². The molecular weight excluding hydrogens is 228 g/mol. The molecule has 90 valence electrons. The first-order chi connectivity index (χ1) is 8.18. The van der Waals surface area contributed by atoms with Crippen LogP contribution in [0.15, 0.2) is 36.5 Å². The van der Waals surface area contributed by atoms with Crippen molar-refractivity contribution in [1.82, 2.24) is 9.55 Å². The molecule has 0 aliphatic heterocycles. The van der Waals surface area contributed by atoms with Crippen LogP contribution in [0.2, 0.25) is 0 Å². The zero-order valence-corrected chi connectivity index (χ0v) is 11.1. The molecule has 17 heavy (non-hydrogen) atoms. The highest BCUT2D eigenvalue weighted by Crippen LogP contribution is 2.17. The topological polar surface area (TPSA) is 20.7 Å². The second kappa shape index (κ2) is 5.32. The molecule has 1 unspecified atom stereocenters. The second-order valence-electron chi connectivity index (χ2n) is 4.48. The van der Waals surface area contributed by atoms with Gasteiger partial charge >= 0.3 is 0 Å². The number of aromatic nitrogens is 2. The van der Waals surface area contributed by atoms with Gasteiger partial charge in [0.2, 0.25) is 0 Å². The Morgan fingerprint density at radius 1 is 1.29 bits per heavy atom. The van der Waals surface area contributed by atoms with Crippen molar-refractivity contribution in [3.63, 3.8) is 0 Å². The van der Waals surface area contributed by atoms with Gasteiger partial charge in [-0.1, -0.05) is 30.3 Å². The van der Waals surface area contributed by atoms with Gasteiger partial charge in [-0.3, -0.25) is 0 Å². The van der Waals surface area contributed by atoms with Crippen LogP contribution in [-0.2, 0) is 6.42 Å². The fourth-order valence-electron chi connectivity index (χ4n) is 2.16. The second-order valence-corrected chi connectivity index (χ2v) is 4.87. The summed E-state index contributed by atoms with van der Waals surface area (Å²) in [6.45, 7) is 4.31. The number of hydrogen-bond acceptors (Lipinski definition) is 1. The van der Waals surface area contributed by atoms with Crippen LogP contribution in [0.25, 0.3) is 0 Å². The van der Waals surface area contributed by atoms with Crippen LogP contribution in [0.5, 0.6) is 0 Å². The third kappa shape index (κ3) is 2.86. The lowest BCUT2D eigenvalue weighted by Gasteiger charge is -2.15. The Kier molecular flexibility index (Phi) is 3.79.